The van der Waals surface area contributed by atoms with Crippen LogP contribution in [-0.4, -0.2) is 27.4 Å². The van der Waals surface area contributed by atoms with Crippen molar-refractivity contribution in [1.29, 1.82) is 5.41 Å². The third-order valence-electron chi connectivity index (χ3n) is 2.11. The zero-order valence-electron chi connectivity index (χ0n) is 8.76. The molecule has 0 unspecified atom stereocenters. The summed E-state index contributed by atoms with van der Waals surface area (Å²) in [7, 11) is 5.77. The predicted octanol–water partition coefficient (Wildman–Crippen LogP) is 1.37. The number of nitrogens with zero attached hydrogens (tertiary/aromatic N) is 1. The van der Waals surface area contributed by atoms with Crippen LogP contribution >= 0.6 is 0 Å². The van der Waals surface area contributed by atoms with E-state index in [1.165, 1.54) is 6.21 Å². The van der Waals surface area contributed by atoms with E-state index in [9.17, 15) is 0 Å². The zero-order chi connectivity index (χ0) is 10.7. The Morgan fingerprint density at radius 3 is 2.50 bits per heavy atom. The maximum Gasteiger partial charge on any atom is 0.0617 e. The van der Waals surface area contributed by atoms with Crippen molar-refractivity contribution in [2.75, 3.05) is 37.1 Å². The molecule has 0 aliphatic rings. The zero-order valence-corrected chi connectivity index (χ0v) is 8.76. The van der Waals surface area contributed by atoms with Gasteiger partial charge in [-0.1, -0.05) is 0 Å². The first-order chi connectivity index (χ1) is 6.60. The van der Waals surface area contributed by atoms with E-state index in [-0.39, 0.29) is 0 Å². The minimum absolute atomic E-state index is 0.628. The van der Waals surface area contributed by atoms with Gasteiger partial charge < -0.3 is 21.4 Å². The molecule has 0 bridgehead atoms. The van der Waals surface area contributed by atoms with Crippen molar-refractivity contribution in [2.24, 2.45) is 0 Å². The van der Waals surface area contributed by atoms with Gasteiger partial charge in [-0.2, -0.15) is 0 Å². The van der Waals surface area contributed by atoms with Crippen molar-refractivity contribution >= 4 is 23.3 Å². The monoisotopic (exact) mass is 192 g/mol. The van der Waals surface area contributed by atoms with E-state index in [0.717, 1.165) is 16.9 Å². The fraction of sp³-hybridized carbons (Fsp3) is 0.300. The van der Waals surface area contributed by atoms with Crippen molar-refractivity contribution in [1.82, 2.24) is 0 Å². The summed E-state index contributed by atoms with van der Waals surface area (Å²) in [4.78, 5) is 1.98. The Labute approximate surface area is 84.2 Å². The molecule has 14 heavy (non-hydrogen) atoms. The number of anilines is 3. The molecule has 76 valence electrons. The van der Waals surface area contributed by atoms with Crippen LogP contribution in [0.4, 0.5) is 17.1 Å². The molecule has 0 amide bonds. The number of nitrogens with one attached hydrogen (secondary N) is 2. The number of hydrogen-bond acceptors (Lipinski definition) is 4. The number of nitrogens with two attached hydrogens (primary N) is 1. The standard InChI is InChI=1S/C10H16N4/c1-13-9-4-7(6-11)8(12)5-10(9)14(2)3/h4-6,11,13H,12H2,1-3H3. The quantitative estimate of drug-likeness (QED) is 0.500. The van der Waals surface area contributed by atoms with Crippen molar-refractivity contribution in [3.8, 4) is 0 Å². The number of benzene rings is 1. The van der Waals surface area contributed by atoms with Crippen LogP contribution in [0.5, 0.6) is 0 Å². The molecule has 0 aromatic heterocycles. The number of rotatable bonds is 3. The summed E-state index contributed by atoms with van der Waals surface area (Å²) in [6, 6.07) is 3.74. The van der Waals surface area contributed by atoms with E-state index in [1.54, 1.807) is 0 Å². The van der Waals surface area contributed by atoms with Gasteiger partial charge in [-0.25, -0.2) is 0 Å². The molecule has 0 fully saturated rings. The van der Waals surface area contributed by atoms with Crippen LogP contribution in [0.2, 0.25) is 0 Å². The van der Waals surface area contributed by atoms with Crippen LogP contribution in [0.3, 0.4) is 0 Å². The Bertz CT molecular complexity index is 344. The maximum absolute atomic E-state index is 7.19. The molecule has 4 nitrogen and oxygen atoms in total. The van der Waals surface area contributed by atoms with Gasteiger partial charge in [0.2, 0.25) is 0 Å². The first kappa shape index (κ1) is 10.4. The Hall–Kier alpha value is -1.71. The van der Waals surface area contributed by atoms with Crippen LogP contribution < -0.4 is 16.0 Å². The van der Waals surface area contributed by atoms with Gasteiger partial charge in [0.1, 0.15) is 0 Å². The molecule has 0 saturated carbocycles. The lowest BCUT2D eigenvalue weighted by Crippen LogP contribution is -2.12. The highest BCUT2D eigenvalue weighted by molar-refractivity contribution is 5.90. The Kier molecular flexibility index (Phi) is 2.96. The van der Waals surface area contributed by atoms with Crippen molar-refractivity contribution < 1.29 is 0 Å². The van der Waals surface area contributed by atoms with Crippen molar-refractivity contribution in [3.05, 3.63) is 17.7 Å². The van der Waals surface area contributed by atoms with Crippen LogP contribution in [-0.2, 0) is 0 Å². The Morgan fingerprint density at radius 1 is 1.43 bits per heavy atom. The van der Waals surface area contributed by atoms with Crippen LogP contribution in [0.15, 0.2) is 12.1 Å². The van der Waals surface area contributed by atoms with E-state index < -0.39 is 0 Å². The fourth-order valence-electron chi connectivity index (χ4n) is 1.32. The Balaban J connectivity index is 3.31. The lowest BCUT2D eigenvalue weighted by molar-refractivity contribution is 1.13. The van der Waals surface area contributed by atoms with Gasteiger partial charge in [0.05, 0.1) is 11.4 Å². The van der Waals surface area contributed by atoms with E-state index in [4.69, 9.17) is 11.1 Å². The highest BCUT2D eigenvalue weighted by Gasteiger charge is 2.06. The maximum atomic E-state index is 7.19. The molecule has 1 aromatic rings. The predicted molar refractivity (Wildman–Crippen MR) is 62.6 cm³/mol. The van der Waals surface area contributed by atoms with Crippen LogP contribution in [0, 0.1) is 5.41 Å². The second-order valence-electron chi connectivity index (χ2n) is 3.29. The SMILES string of the molecule is CNc1cc(C=N)c(N)cc1N(C)C. The molecule has 0 radical (unpaired) electrons. The van der Waals surface area contributed by atoms with Gasteiger partial charge in [-0.3, -0.25) is 0 Å². The van der Waals surface area contributed by atoms with Crippen LogP contribution in [0.1, 0.15) is 5.56 Å². The second kappa shape index (κ2) is 4.00. The summed E-state index contributed by atoms with van der Waals surface area (Å²) >= 11 is 0. The molecule has 0 aliphatic heterocycles. The molecular weight excluding hydrogens is 176 g/mol. The summed E-state index contributed by atoms with van der Waals surface area (Å²) in [5, 5.41) is 10.3. The van der Waals surface area contributed by atoms with Gasteiger partial charge in [-0.15, -0.1) is 0 Å². The Morgan fingerprint density at radius 2 is 2.07 bits per heavy atom. The van der Waals surface area contributed by atoms with E-state index in [2.05, 4.69) is 5.32 Å². The molecule has 0 aliphatic carbocycles. The molecule has 0 saturated heterocycles. The summed E-state index contributed by atoms with van der Waals surface area (Å²) in [5.41, 5.74) is 9.15. The summed E-state index contributed by atoms with van der Waals surface area (Å²) < 4.78 is 0. The van der Waals surface area contributed by atoms with Gasteiger partial charge in [0, 0.05) is 38.6 Å². The fourth-order valence-corrected chi connectivity index (χ4v) is 1.32. The number of hydrogen-bond donors (Lipinski definition) is 3. The molecule has 0 atom stereocenters. The van der Waals surface area contributed by atoms with Crippen molar-refractivity contribution in [3.63, 3.8) is 0 Å². The minimum Gasteiger partial charge on any atom is -0.398 e. The van der Waals surface area contributed by atoms with Gasteiger partial charge in [0.15, 0.2) is 0 Å². The van der Waals surface area contributed by atoms with Gasteiger partial charge in [0.25, 0.3) is 0 Å². The van der Waals surface area contributed by atoms with Crippen molar-refractivity contribution in [2.45, 2.75) is 0 Å². The summed E-state index contributed by atoms with van der Waals surface area (Å²) in [6.07, 6.45) is 1.26. The normalized spacial score (nSPS) is 9.64. The smallest absolute Gasteiger partial charge is 0.0617 e. The lowest BCUT2D eigenvalue weighted by atomic mass is 10.1. The summed E-state index contributed by atoms with van der Waals surface area (Å²) in [5.74, 6) is 0. The molecule has 0 spiro atoms. The first-order valence-corrected chi connectivity index (χ1v) is 4.39. The molecule has 0 heterocycles. The highest BCUT2D eigenvalue weighted by Crippen LogP contribution is 2.28. The van der Waals surface area contributed by atoms with Gasteiger partial charge >= 0.3 is 0 Å². The molecule has 4 heteroatoms. The average Bonchev–Trinajstić information content (AvgIpc) is 2.17. The second-order valence-corrected chi connectivity index (χ2v) is 3.29. The number of nitrogen functional groups attached to an aromatic ring is 1. The average molecular weight is 192 g/mol. The van der Waals surface area contributed by atoms with Gasteiger partial charge in [-0.05, 0) is 12.1 Å². The molecular formula is C10H16N4. The minimum atomic E-state index is 0.628. The van der Waals surface area contributed by atoms with E-state index in [0.29, 0.717) is 5.69 Å². The third-order valence-corrected chi connectivity index (χ3v) is 2.11. The van der Waals surface area contributed by atoms with E-state index >= 15 is 0 Å². The summed E-state index contributed by atoms with van der Waals surface area (Å²) in [6.45, 7) is 0. The highest BCUT2D eigenvalue weighted by atomic mass is 15.1. The van der Waals surface area contributed by atoms with Crippen LogP contribution in [0.25, 0.3) is 0 Å². The first-order valence-electron chi connectivity index (χ1n) is 4.39. The molecule has 4 N–H and O–H groups in total. The largest absolute Gasteiger partial charge is 0.398 e. The molecule has 1 aromatic carbocycles. The van der Waals surface area contributed by atoms with E-state index in [1.807, 2.05) is 38.2 Å². The molecule has 1 rings (SSSR count). The lowest BCUT2D eigenvalue weighted by Gasteiger charge is -2.18. The third kappa shape index (κ3) is 1.79. The topological polar surface area (TPSA) is 65.1 Å².